The molecule has 0 aliphatic carbocycles. The second kappa shape index (κ2) is 7.40. The van der Waals surface area contributed by atoms with Gasteiger partial charge < -0.3 is 4.89 Å². The summed E-state index contributed by atoms with van der Waals surface area (Å²) in [5, 5.41) is 8.91. The molecule has 0 aliphatic rings. The summed E-state index contributed by atoms with van der Waals surface area (Å²) in [7, 11) is 0. The summed E-state index contributed by atoms with van der Waals surface area (Å²) in [6, 6.07) is 15.1. The Kier molecular flexibility index (Phi) is 5.21. The molecule has 0 saturated heterocycles. The normalized spacial score (nSPS) is 11.6. The van der Waals surface area contributed by atoms with Gasteiger partial charge in [-0.15, -0.1) is 0 Å². The molecule has 1 heterocycles. The van der Waals surface area contributed by atoms with E-state index in [1.54, 1.807) is 54.6 Å². The zero-order valence-corrected chi connectivity index (χ0v) is 14.3. The Labute approximate surface area is 151 Å². The molecule has 1 aromatic heterocycles. The first-order valence-electron chi connectivity index (χ1n) is 7.44. The van der Waals surface area contributed by atoms with Crippen LogP contribution in [0.5, 0.6) is 5.75 Å². The fourth-order valence-electron chi connectivity index (χ4n) is 2.59. The smallest absolute Gasteiger partial charge is 0.324 e. The average molecular weight is 381 g/mol. The Bertz CT molecular complexity index is 881. The van der Waals surface area contributed by atoms with E-state index >= 15 is 0 Å². The Morgan fingerprint density at radius 3 is 2.27 bits per heavy atom. The highest BCUT2D eigenvalue weighted by molar-refractivity contribution is 7.92. The van der Waals surface area contributed by atoms with Crippen LogP contribution in [-0.4, -0.2) is 9.78 Å². The van der Waals surface area contributed by atoms with Crippen molar-refractivity contribution < 1.29 is 22.4 Å². The molecule has 3 rings (SSSR count). The van der Waals surface area contributed by atoms with Crippen LogP contribution in [0.3, 0.4) is 0 Å². The van der Waals surface area contributed by atoms with E-state index in [0.29, 0.717) is 34.9 Å². The Morgan fingerprint density at radius 2 is 1.69 bits per heavy atom. The van der Waals surface area contributed by atoms with Crippen LogP contribution in [-0.2, 0) is 10.5 Å². The van der Waals surface area contributed by atoms with Gasteiger partial charge in [-0.1, -0.05) is 34.7 Å². The van der Waals surface area contributed by atoms with Gasteiger partial charge in [0.05, 0.1) is 11.4 Å². The number of nitrogens with zero attached hydrogens (tertiary/aromatic N) is 2. The minimum Gasteiger partial charge on any atom is -0.324 e. The molecule has 0 amide bonds. The summed E-state index contributed by atoms with van der Waals surface area (Å²) in [6.07, 6.45) is -4.55. The molecule has 5 nitrogen and oxygen atoms in total. The van der Waals surface area contributed by atoms with E-state index < -0.39 is 11.9 Å². The lowest BCUT2D eigenvalue weighted by Gasteiger charge is -2.09. The van der Waals surface area contributed by atoms with Gasteiger partial charge in [-0.3, -0.25) is 5.14 Å². The Hall–Kier alpha value is -2.49. The van der Waals surface area contributed by atoms with Crippen LogP contribution in [0.25, 0.3) is 16.9 Å². The highest BCUT2D eigenvalue weighted by Crippen LogP contribution is 2.37. The minimum atomic E-state index is -4.55. The number of alkyl halides is 3. The van der Waals surface area contributed by atoms with Crippen LogP contribution >= 0.6 is 12.2 Å². The topological polar surface area (TPSA) is 62.3 Å². The van der Waals surface area contributed by atoms with Crippen molar-refractivity contribution in [2.45, 2.75) is 13.1 Å². The maximum absolute atomic E-state index is 13.4. The third-order valence-electron chi connectivity index (χ3n) is 3.69. The molecule has 0 aliphatic heterocycles. The number of hydrogen-bond donors (Lipinski definition) is 1. The van der Waals surface area contributed by atoms with E-state index in [9.17, 15) is 13.2 Å². The van der Waals surface area contributed by atoms with Gasteiger partial charge in [-0.2, -0.15) is 18.3 Å². The van der Waals surface area contributed by atoms with E-state index in [2.05, 4.69) is 9.43 Å². The second-order valence-corrected chi connectivity index (χ2v) is 5.67. The summed E-state index contributed by atoms with van der Waals surface area (Å²) >= 11 is 0.540. The van der Waals surface area contributed by atoms with Gasteiger partial charge in [0.1, 0.15) is 12.2 Å². The largest absolute Gasteiger partial charge is 0.435 e. The van der Waals surface area contributed by atoms with Crippen molar-refractivity contribution in [1.82, 2.24) is 9.78 Å². The number of nitrogens with two attached hydrogens (primary N) is 1. The molecule has 26 heavy (non-hydrogen) atoms. The highest BCUT2D eigenvalue weighted by atomic mass is 32.2. The van der Waals surface area contributed by atoms with Gasteiger partial charge in [0.15, 0.2) is 11.4 Å². The second-order valence-electron chi connectivity index (χ2n) is 5.34. The fourth-order valence-corrected chi connectivity index (χ4v) is 2.71. The molecule has 136 valence electrons. The van der Waals surface area contributed by atoms with Gasteiger partial charge in [-0.25, -0.2) is 4.68 Å². The van der Waals surface area contributed by atoms with Crippen LogP contribution in [0, 0.1) is 6.92 Å². The molecule has 0 radical (unpaired) electrons. The molecule has 0 unspecified atom stereocenters. The van der Waals surface area contributed by atoms with Crippen molar-refractivity contribution in [3.8, 4) is 22.7 Å². The number of hydrogen-bond acceptors (Lipinski definition) is 5. The SMILES string of the molecule is Cc1c(C(F)(F)F)nn(-c2ccc(OOSN)cc2)c1-c1ccccc1. The first-order valence-corrected chi connectivity index (χ1v) is 8.25. The van der Waals surface area contributed by atoms with Crippen LogP contribution in [0.4, 0.5) is 13.2 Å². The highest BCUT2D eigenvalue weighted by Gasteiger charge is 2.38. The van der Waals surface area contributed by atoms with Crippen molar-refractivity contribution in [2.24, 2.45) is 5.14 Å². The lowest BCUT2D eigenvalue weighted by atomic mass is 10.1. The minimum absolute atomic E-state index is 0.0619. The third kappa shape index (κ3) is 3.69. The lowest BCUT2D eigenvalue weighted by Crippen LogP contribution is -2.08. The predicted octanol–water partition coefficient (Wildman–Crippen LogP) is 4.70. The number of rotatable bonds is 5. The summed E-state index contributed by atoms with van der Waals surface area (Å²) < 4.78 is 45.9. The molecular weight excluding hydrogens is 367 g/mol. The molecule has 2 aromatic carbocycles. The van der Waals surface area contributed by atoms with Crippen LogP contribution in [0.15, 0.2) is 54.6 Å². The van der Waals surface area contributed by atoms with E-state index in [-0.39, 0.29) is 5.56 Å². The predicted molar refractivity (Wildman–Crippen MR) is 92.2 cm³/mol. The molecule has 0 bridgehead atoms. The number of benzene rings is 2. The molecule has 0 saturated carbocycles. The van der Waals surface area contributed by atoms with Crippen LogP contribution in [0.1, 0.15) is 11.3 Å². The van der Waals surface area contributed by atoms with Gasteiger partial charge >= 0.3 is 6.18 Å². The molecule has 9 heteroatoms. The number of aromatic nitrogens is 2. The van der Waals surface area contributed by atoms with E-state index in [0.717, 1.165) is 0 Å². The van der Waals surface area contributed by atoms with E-state index in [4.69, 9.17) is 10.0 Å². The third-order valence-corrected chi connectivity index (χ3v) is 3.84. The van der Waals surface area contributed by atoms with Gasteiger partial charge in [0.2, 0.25) is 0 Å². The average Bonchev–Trinajstić information content (AvgIpc) is 2.98. The lowest BCUT2D eigenvalue weighted by molar-refractivity contribution is -0.141. The van der Waals surface area contributed by atoms with Gasteiger partial charge in [-0.05, 0) is 31.2 Å². The fraction of sp³-hybridized carbons (Fsp3) is 0.118. The van der Waals surface area contributed by atoms with Crippen molar-refractivity contribution in [2.75, 3.05) is 0 Å². The number of halogens is 3. The van der Waals surface area contributed by atoms with Gasteiger partial charge in [0, 0.05) is 11.1 Å². The van der Waals surface area contributed by atoms with Gasteiger partial charge in [0.25, 0.3) is 0 Å². The molecule has 3 aromatic rings. The van der Waals surface area contributed by atoms with Crippen molar-refractivity contribution in [3.63, 3.8) is 0 Å². The monoisotopic (exact) mass is 381 g/mol. The van der Waals surface area contributed by atoms with Crippen molar-refractivity contribution in [3.05, 3.63) is 65.9 Å². The first kappa shape index (κ1) is 18.3. The Balaban J connectivity index is 2.11. The van der Waals surface area contributed by atoms with E-state index in [1.165, 1.54) is 11.6 Å². The summed E-state index contributed by atoms with van der Waals surface area (Å²) in [4.78, 5) is 4.87. The molecule has 0 atom stereocenters. The van der Waals surface area contributed by atoms with Crippen LogP contribution in [0.2, 0.25) is 0 Å². The summed E-state index contributed by atoms with van der Waals surface area (Å²) in [5.41, 5.74) is 0.609. The van der Waals surface area contributed by atoms with E-state index in [1.807, 2.05) is 0 Å². The standard InChI is InChI=1S/C17H14F3N3O2S/c1-11-15(12-5-3-2-4-6-12)23(22-16(11)17(18,19)20)13-7-9-14(10-8-13)24-25-26-21/h2-10H,21H2,1H3. The Morgan fingerprint density at radius 1 is 1.04 bits per heavy atom. The quantitative estimate of drug-likeness (QED) is 0.300. The summed E-state index contributed by atoms with van der Waals surface area (Å²) in [6.45, 7) is 1.42. The van der Waals surface area contributed by atoms with Crippen molar-refractivity contribution in [1.29, 1.82) is 0 Å². The molecule has 0 fully saturated rings. The zero-order valence-electron chi connectivity index (χ0n) is 13.5. The molecular formula is C17H14F3N3O2S. The summed E-state index contributed by atoms with van der Waals surface area (Å²) in [5.74, 6) is 0.355. The first-order chi connectivity index (χ1) is 12.4. The molecule has 0 spiro atoms. The van der Waals surface area contributed by atoms with Crippen LogP contribution < -0.4 is 10.0 Å². The zero-order chi connectivity index (χ0) is 18.7. The molecule has 2 N–H and O–H groups in total. The maximum atomic E-state index is 13.4. The van der Waals surface area contributed by atoms with Crippen molar-refractivity contribution >= 4 is 12.2 Å². The maximum Gasteiger partial charge on any atom is 0.435 e.